The summed E-state index contributed by atoms with van der Waals surface area (Å²) in [7, 11) is 0. The summed E-state index contributed by atoms with van der Waals surface area (Å²) in [5, 5.41) is 0. The highest BCUT2D eigenvalue weighted by molar-refractivity contribution is 5.77. The fraction of sp³-hybridized carbons (Fsp3) is 0.500. The highest BCUT2D eigenvalue weighted by atomic mass is 16.2. The van der Waals surface area contributed by atoms with Gasteiger partial charge in [0.2, 0.25) is 5.91 Å². The lowest BCUT2D eigenvalue weighted by molar-refractivity contribution is -0.131. The molecule has 1 amide bonds. The molecule has 17 heavy (non-hydrogen) atoms. The number of amides is 1. The standard InChI is InChI=1S/C14H20N2O/c1-11-5-2-3-6-12(11)13-7-4-10-16(13)14(17)8-9-15/h2-3,5-6,13H,4,7-10,15H2,1H3/t13-/m0/s1. The van der Waals surface area contributed by atoms with E-state index in [0.717, 1.165) is 19.4 Å². The van der Waals surface area contributed by atoms with Crippen LogP contribution < -0.4 is 5.73 Å². The second-order valence-electron chi connectivity index (χ2n) is 4.64. The fourth-order valence-corrected chi connectivity index (χ4v) is 2.62. The Morgan fingerprint density at radius 1 is 1.47 bits per heavy atom. The number of benzene rings is 1. The van der Waals surface area contributed by atoms with Gasteiger partial charge in [0.25, 0.3) is 0 Å². The van der Waals surface area contributed by atoms with Gasteiger partial charge in [0.1, 0.15) is 0 Å². The molecule has 0 radical (unpaired) electrons. The zero-order valence-corrected chi connectivity index (χ0v) is 10.4. The monoisotopic (exact) mass is 232 g/mol. The van der Waals surface area contributed by atoms with Gasteiger partial charge in [-0.15, -0.1) is 0 Å². The fourth-order valence-electron chi connectivity index (χ4n) is 2.62. The van der Waals surface area contributed by atoms with Gasteiger partial charge in [-0.25, -0.2) is 0 Å². The molecule has 92 valence electrons. The molecule has 0 unspecified atom stereocenters. The Morgan fingerprint density at radius 3 is 2.94 bits per heavy atom. The van der Waals surface area contributed by atoms with E-state index in [2.05, 4.69) is 19.1 Å². The maximum atomic E-state index is 12.0. The second kappa shape index (κ2) is 5.32. The van der Waals surface area contributed by atoms with Crippen molar-refractivity contribution < 1.29 is 4.79 Å². The van der Waals surface area contributed by atoms with Crippen LogP contribution in [0.1, 0.15) is 36.4 Å². The van der Waals surface area contributed by atoms with Crippen LogP contribution >= 0.6 is 0 Å². The molecule has 1 saturated heterocycles. The van der Waals surface area contributed by atoms with E-state index in [1.807, 2.05) is 17.0 Å². The molecule has 3 heteroatoms. The van der Waals surface area contributed by atoms with E-state index in [1.165, 1.54) is 11.1 Å². The van der Waals surface area contributed by atoms with Crippen LogP contribution in [0, 0.1) is 6.92 Å². The van der Waals surface area contributed by atoms with Crippen molar-refractivity contribution in [3.8, 4) is 0 Å². The third-order valence-electron chi connectivity index (χ3n) is 3.48. The lowest BCUT2D eigenvalue weighted by Gasteiger charge is -2.26. The van der Waals surface area contributed by atoms with Crippen molar-refractivity contribution >= 4 is 5.91 Å². The van der Waals surface area contributed by atoms with Gasteiger partial charge >= 0.3 is 0 Å². The first kappa shape index (κ1) is 12.1. The number of hydrogen-bond donors (Lipinski definition) is 1. The molecule has 2 rings (SSSR count). The predicted octanol–water partition coefficient (Wildman–Crippen LogP) is 2.01. The molecule has 0 saturated carbocycles. The first-order valence-electron chi connectivity index (χ1n) is 6.29. The largest absolute Gasteiger partial charge is 0.336 e. The average Bonchev–Trinajstić information content (AvgIpc) is 2.79. The smallest absolute Gasteiger partial charge is 0.224 e. The molecule has 1 heterocycles. The second-order valence-corrected chi connectivity index (χ2v) is 4.64. The van der Waals surface area contributed by atoms with Crippen LogP contribution in [0.3, 0.4) is 0 Å². The minimum absolute atomic E-state index is 0.193. The predicted molar refractivity (Wildman–Crippen MR) is 68.5 cm³/mol. The van der Waals surface area contributed by atoms with E-state index < -0.39 is 0 Å². The summed E-state index contributed by atoms with van der Waals surface area (Å²) in [5.41, 5.74) is 8.02. The summed E-state index contributed by atoms with van der Waals surface area (Å²) < 4.78 is 0. The number of carbonyl (C=O) groups excluding carboxylic acids is 1. The summed E-state index contributed by atoms with van der Waals surface area (Å²) in [4.78, 5) is 14.0. The highest BCUT2D eigenvalue weighted by Gasteiger charge is 2.29. The minimum atomic E-state index is 0.193. The maximum absolute atomic E-state index is 12.0. The summed E-state index contributed by atoms with van der Waals surface area (Å²) in [6.45, 7) is 3.42. The maximum Gasteiger partial charge on any atom is 0.224 e. The van der Waals surface area contributed by atoms with Gasteiger partial charge in [0.15, 0.2) is 0 Å². The van der Waals surface area contributed by atoms with E-state index in [9.17, 15) is 4.79 Å². The van der Waals surface area contributed by atoms with E-state index in [-0.39, 0.29) is 11.9 Å². The van der Waals surface area contributed by atoms with Crippen LogP contribution in [-0.2, 0) is 4.79 Å². The number of likely N-dealkylation sites (tertiary alicyclic amines) is 1. The molecule has 1 aromatic carbocycles. The van der Waals surface area contributed by atoms with Crippen LogP contribution in [0.15, 0.2) is 24.3 Å². The molecule has 0 aliphatic carbocycles. The Morgan fingerprint density at radius 2 is 2.24 bits per heavy atom. The van der Waals surface area contributed by atoms with Gasteiger partial charge in [0, 0.05) is 19.5 Å². The molecule has 1 aliphatic heterocycles. The Balaban J connectivity index is 2.20. The Labute approximate surface area is 103 Å². The zero-order valence-electron chi connectivity index (χ0n) is 10.4. The first-order valence-corrected chi connectivity index (χ1v) is 6.29. The summed E-state index contributed by atoms with van der Waals surface area (Å²) in [6.07, 6.45) is 2.62. The van der Waals surface area contributed by atoms with Crippen molar-refractivity contribution in [1.82, 2.24) is 4.90 Å². The van der Waals surface area contributed by atoms with Crippen LogP contribution in [0.4, 0.5) is 0 Å². The lowest BCUT2D eigenvalue weighted by atomic mass is 9.99. The molecule has 1 aromatic rings. The third-order valence-corrected chi connectivity index (χ3v) is 3.48. The highest BCUT2D eigenvalue weighted by Crippen LogP contribution is 2.33. The summed E-state index contributed by atoms with van der Waals surface area (Å²) in [6, 6.07) is 8.59. The number of nitrogens with two attached hydrogens (primary N) is 1. The van der Waals surface area contributed by atoms with Crippen LogP contribution in [0.5, 0.6) is 0 Å². The molecule has 0 aromatic heterocycles. The van der Waals surface area contributed by atoms with Crippen molar-refractivity contribution in [3.05, 3.63) is 35.4 Å². The van der Waals surface area contributed by atoms with E-state index in [1.54, 1.807) is 0 Å². The Kier molecular flexibility index (Phi) is 3.79. The van der Waals surface area contributed by atoms with E-state index >= 15 is 0 Å². The zero-order chi connectivity index (χ0) is 12.3. The number of rotatable bonds is 3. The summed E-state index contributed by atoms with van der Waals surface area (Å²) >= 11 is 0. The van der Waals surface area contributed by atoms with Crippen molar-refractivity contribution in [1.29, 1.82) is 0 Å². The van der Waals surface area contributed by atoms with Crippen molar-refractivity contribution in [3.63, 3.8) is 0 Å². The summed E-state index contributed by atoms with van der Waals surface area (Å²) in [5.74, 6) is 0.193. The molecule has 2 N–H and O–H groups in total. The Bertz CT molecular complexity index is 403. The molecular weight excluding hydrogens is 212 g/mol. The quantitative estimate of drug-likeness (QED) is 0.866. The van der Waals surface area contributed by atoms with Crippen LogP contribution in [0.2, 0.25) is 0 Å². The van der Waals surface area contributed by atoms with Gasteiger partial charge < -0.3 is 10.6 Å². The molecule has 0 spiro atoms. The molecule has 1 aliphatic rings. The minimum Gasteiger partial charge on any atom is -0.336 e. The molecule has 1 fully saturated rings. The van der Waals surface area contributed by atoms with Crippen LogP contribution in [0.25, 0.3) is 0 Å². The van der Waals surface area contributed by atoms with Gasteiger partial charge in [0.05, 0.1) is 6.04 Å². The van der Waals surface area contributed by atoms with Crippen LogP contribution in [-0.4, -0.2) is 23.9 Å². The van der Waals surface area contributed by atoms with E-state index in [0.29, 0.717) is 13.0 Å². The number of nitrogens with zero attached hydrogens (tertiary/aromatic N) is 1. The molecule has 0 bridgehead atoms. The van der Waals surface area contributed by atoms with Crippen molar-refractivity contribution in [2.24, 2.45) is 5.73 Å². The first-order chi connectivity index (χ1) is 8.24. The lowest BCUT2D eigenvalue weighted by Crippen LogP contribution is -2.32. The third kappa shape index (κ3) is 2.50. The van der Waals surface area contributed by atoms with Gasteiger partial charge in [-0.3, -0.25) is 4.79 Å². The molecule has 1 atom stereocenters. The number of carbonyl (C=O) groups is 1. The SMILES string of the molecule is Cc1ccccc1[C@@H]1CCCN1C(=O)CCN. The van der Waals surface area contributed by atoms with E-state index in [4.69, 9.17) is 5.73 Å². The van der Waals surface area contributed by atoms with Crippen molar-refractivity contribution in [2.45, 2.75) is 32.2 Å². The van der Waals surface area contributed by atoms with Gasteiger partial charge in [-0.1, -0.05) is 24.3 Å². The van der Waals surface area contributed by atoms with Gasteiger partial charge in [-0.2, -0.15) is 0 Å². The molecular formula is C14H20N2O. The molecule has 3 nitrogen and oxygen atoms in total. The number of hydrogen-bond acceptors (Lipinski definition) is 2. The Hall–Kier alpha value is -1.35. The average molecular weight is 232 g/mol. The normalized spacial score (nSPS) is 19.6. The van der Waals surface area contributed by atoms with Crippen molar-refractivity contribution in [2.75, 3.05) is 13.1 Å². The number of aryl methyl sites for hydroxylation is 1. The van der Waals surface area contributed by atoms with Gasteiger partial charge in [-0.05, 0) is 30.9 Å². The topological polar surface area (TPSA) is 46.3 Å².